The highest BCUT2D eigenvalue weighted by Gasteiger charge is 2.36. The number of nitrogens with one attached hydrogen (secondary N) is 3. The van der Waals surface area contributed by atoms with E-state index >= 15 is 0 Å². The van der Waals surface area contributed by atoms with Crippen LogP contribution >= 0.6 is 11.8 Å². The van der Waals surface area contributed by atoms with Gasteiger partial charge in [0.15, 0.2) is 0 Å². The number of H-pyrrole nitrogens is 1. The average molecular weight is 676 g/mol. The molecule has 248 valence electrons. The van der Waals surface area contributed by atoms with Gasteiger partial charge in [-0.1, -0.05) is 48.5 Å². The summed E-state index contributed by atoms with van der Waals surface area (Å²) in [5.41, 5.74) is 2.19. The number of nitrogens with zero attached hydrogens (tertiary/aromatic N) is 4. The number of amides is 2. The molecule has 6 rings (SSSR count). The van der Waals surface area contributed by atoms with Crippen LogP contribution in [0.2, 0.25) is 0 Å². The lowest BCUT2D eigenvalue weighted by Gasteiger charge is -2.28. The molecule has 48 heavy (non-hydrogen) atoms. The highest BCUT2D eigenvalue weighted by molar-refractivity contribution is 7.99. The van der Waals surface area contributed by atoms with Crippen LogP contribution in [0.4, 0.5) is 18.9 Å². The Labute approximate surface area is 278 Å². The summed E-state index contributed by atoms with van der Waals surface area (Å²) in [4.78, 5) is 29.1. The van der Waals surface area contributed by atoms with Crippen molar-refractivity contribution in [2.24, 2.45) is 0 Å². The first kappa shape index (κ1) is 33.0. The number of anilines is 1. The second kappa shape index (κ2) is 13.6. The number of carbonyl (C=O) groups excluding carboxylic acids is 2. The van der Waals surface area contributed by atoms with Crippen molar-refractivity contribution < 1.29 is 27.2 Å². The van der Waals surface area contributed by atoms with Crippen molar-refractivity contribution in [2.75, 3.05) is 10.7 Å². The molecule has 1 aliphatic rings. The number of halogens is 3. The van der Waals surface area contributed by atoms with E-state index in [1.165, 1.54) is 11.0 Å². The zero-order valence-electron chi connectivity index (χ0n) is 26.0. The fraction of sp³-hybridized carbons (Fsp3) is 0.265. The topological polar surface area (TPSA) is 129 Å². The van der Waals surface area contributed by atoms with E-state index in [2.05, 4.69) is 31.3 Å². The van der Waals surface area contributed by atoms with E-state index in [1.54, 1.807) is 12.3 Å². The van der Waals surface area contributed by atoms with E-state index in [4.69, 9.17) is 4.42 Å². The Hall–Kier alpha value is -4.95. The maximum absolute atomic E-state index is 14.1. The van der Waals surface area contributed by atoms with Crippen LogP contribution in [0.15, 0.2) is 94.4 Å². The Morgan fingerprint density at radius 1 is 1.04 bits per heavy atom. The molecule has 0 saturated carbocycles. The summed E-state index contributed by atoms with van der Waals surface area (Å²) in [7, 11) is 0. The molecule has 0 aliphatic carbocycles. The zero-order valence-corrected chi connectivity index (χ0v) is 26.9. The smallest absolute Gasteiger partial charge is 0.416 e. The predicted octanol–water partition coefficient (Wildman–Crippen LogP) is 6.23. The third-order valence-corrected chi connectivity index (χ3v) is 9.06. The Morgan fingerprint density at radius 2 is 1.81 bits per heavy atom. The zero-order chi connectivity index (χ0) is 33.9. The molecule has 0 spiro atoms. The Morgan fingerprint density at radius 3 is 2.50 bits per heavy atom. The number of thioether (sulfide) groups is 1. The quantitative estimate of drug-likeness (QED) is 0.159. The van der Waals surface area contributed by atoms with Gasteiger partial charge in [0.1, 0.15) is 11.8 Å². The van der Waals surface area contributed by atoms with Crippen LogP contribution in [0.1, 0.15) is 37.2 Å². The van der Waals surface area contributed by atoms with Gasteiger partial charge in [0.05, 0.1) is 30.6 Å². The highest BCUT2D eigenvalue weighted by atomic mass is 32.2. The molecule has 0 radical (unpaired) electrons. The third kappa shape index (κ3) is 7.60. The Balaban J connectivity index is 1.23. The maximum Gasteiger partial charge on any atom is 0.416 e. The molecule has 0 bridgehead atoms. The standard InChI is InChI=1S/C34H32F3N7O3S/c1-33(2,38-18-24-6-5-15-47-24)17-30(45)39-27-20-48-29-16-23(34(35,36)37)13-14-28(29)44(32(27)46)19-21-9-11-22(12-10-21)25-7-3-4-8-26(25)31-40-42-43-41-31/h3-16,27,38H,17-20H2,1-2H3,(H,39,45)(H,40,41,42,43)/t27-/m1/s1. The van der Waals surface area contributed by atoms with Gasteiger partial charge in [0.25, 0.3) is 5.91 Å². The second-order valence-electron chi connectivity index (χ2n) is 12.0. The second-order valence-corrected chi connectivity index (χ2v) is 13.1. The first-order valence-corrected chi connectivity index (χ1v) is 16.1. The van der Waals surface area contributed by atoms with E-state index < -0.39 is 29.2 Å². The number of aromatic amines is 1. The SMILES string of the molecule is CC(C)(CC(=O)N[C@@H]1CSc2cc(C(F)(F)F)ccc2N(Cc2ccc(-c3ccccc3-c3nn[nH]n3)cc2)C1=O)NCc1ccco1. The fourth-order valence-corrected chi connectivity index (χ4v) is 6.58. The Kier molecular flexibility index (Phi) is 9.38. The van der Waals surface area contributed by atoms with Gasteiger partial charge in [-0.3, -0.25) is 9.59 Å². The number of furan rings is 1. The van der Waals surface area contributed by atoms with Crippen molar-refractivity contribution in [2.45, 2.75) is 56.0 Å². The molecule has 0 fully saturated rings. The summed E-state index contributed by atoms with van der Waals surface area (Å²) in [6.07, 6.45) is -2.93. The molecule has 0 saturated heterocycles. The van der Waals surface area contributed by atoms with Gasteiger partial charge in [-0.2, -0.15) is 18.4 Å². The van der Waals surface area contributed by atoms with E-state index in [1.807, 2.05) is 68.4 Å². The van der Waals surface area contributed by atoms with Gasteiger partial charge in [-0.15, -0.1) is 22.0 Å². The first-order valence-electron chi connectivity index (χ1n) is 15.1. The van der Waals surface area contributed by atoms with Crippen LogP contribution < -0.4 is 15.5 Å². The van der Waals surface area contributed by atoms with Gasteiger partial charge < -0.3 is 20.0 Å². The maximum atomic E-state index is 14.1. The van der Waals surface area contributed by atoms with Crippen molar-refractivity contribution in [3.63, 3.8) is 0 Å². The number of fused-ring (bicyclic) bond motifs is 1. The minimum absolute atomic E-state index is 0.0557. The lowest BCUT2D eigenvalue weighted by Crippen LogP contribution is -2.51. The Bertz CT molecular complexity index is 1880. The van der Waals surface area contributed by atoms with Crippen LogP contribution in [0.25, 0.3) is 22.5 Å². The minimum Gasteiger partial charge on any atom is -0.468 e. The summed E-state index contributed by atoms with van der Waals surface area (Å²) in [5, 5.41) is 20.4. The van der Waals surface area contributed by atoms with Gasteiger partial charge in [0.2, 0.25) is 11.7 Å². The van der Waals surface area contributed by atoms with Crippen molar-refractivity contribution >= 4 is 29.3 Å². The molecule has 5 aromatic rings. The summed E-state index contributed by atoms with van der Waals surface area (Å²) < 4.78 is 46.3. The molecule has 3 heterocycles. The van der Waals surface area contributed by atoms with Gasteiger partial charge in [-0.05, 0) is 66.1 Å². The fourth-order valence-electron chi connectivity index (χ4n) is 5.47. The molecule has 3 N–H and O–H groups in total. The molecule has 2 aromatic heterocycles. The molecule has 2 amide bonds. The summed E-state index contributed by atoms with van der Waals surface area (Å²) in [6, 6.07) is 21.1. The normalized spacial score (nSPS) is 15.2. The van der Waals surface area contributed by atoms with Crippen LogP contribution in [-0.2, 0) is 28.9 Å². The van der Waals surface area contributed by atoms with E-state index in [-0.39, 0.29) is 24.6 Å². The van der Waals surface area contributed by atoms with E-state index in [0.29, 0.717) is 23.0 Å². The molecule has 14 heteroatoms. The first-order chi connectivity index (χ1) is 23.0. The molecule has 1 aliphatic heterocycles. The highest BCUT2D eigenvalue weighted by Crippen LogP contribution is 2.40. The number of hydrogen-bond donors (Lipinski definition) is 3. The summed E-state index contributed by atoms with van der Waals surface area (Å²) in [6.45, 7) is 4.22. The lowest BCUT2D eigenvalue weighted by atomic mass is 9.98. The summed E-state index contributed by atoms with van der Waals surface area (Å²) in [5.74, 6) is 0.456. The molecular formula is C34H32F3N7O3S. The molecule has 10 nitrogen and oxygen atoms in total. The molecule has 3 aromatic carbocycles. The largest absolute Gasteiger partial charge is 0.468 e. The van der Waals surface area contributed by atoms with Gasteiger partial charge in [-0.25, -0.2) is 0 Å². The van der Waals surface area contributed by atoms with Crippen molar-refractivity contribution in [3.05, 3.63) is 102 Å². The number of aromatic nitrogens is 4. The number of alkyl halides is 3. The van der Waals surface area contributed by atoms with Crippen LogP contribution in [0.3, 0.4) is 0 Å². The number of carbonyl (C=O) groups is 2. The lowest BCUT2D eigenvalue weighted by molar-refractivity contribution is -0.137. The third-order valence-electron chi connectivity index (χ3n) is 7.93. The average Bonchev–Trinajstić information content (AvgIpc) is 3.78. The molecule has 0 unspecified atom stereocenters. The van der Waals surface area contributed by atoms with Crippen LogP contribution in [0, 0.1) is 0 Å². The molecule has 1 atom stereocenters. The van der Waals surface area contributed by atoms with E-state index in [0.717, 1.165) is 51.9 Å². The van der Waals surface area contributed by atoms with E-state index in [9.17, 15) is 22.8 Å². The number of tetrazole rings is 1. The monoisotopic (exact) mass is 675 g/mol. The van der Waals surface area contributed by atoms with Crippen molar-refractivity contribution in [1.82, 2.24) is 31.3 Å². The minimum atomic E-state index is -4.55. The van der Waals surface area contributed by atoms with Crippen molar-refractivity contribution in [1.29, 1.82) is 0 Å². The van der Waals surface area contributed by atoms with Crippen LogP contribution in [-0.4, -0.2) is 49.8 Å². The predicted molar refractivity (Wildman–Crippen MR) is 175 cm³/mol. The van der Waals surface area contributed by atoms with Crippen LogP contribution in [0.5, 0.6) is 0 Å². The van der Waals surface area contributed by atoms with Gasteiger partial charge in [0, 0.05) is 28.2 Å². The van der Waals surface area contributed by atoms with Crippen molar-refractivity contribution in [3.8, 4) is 22.5 Å². The summed E-state index contributed by atoms with van der Waals surface area (Å²) >= 11 is 1.11. The van der Waals surface area contributed by atoms with Gasteiger partial charge >= 0.3 is 6.18 Å². The number of hydrogen-bond acceptors (Lipinski definition) is 8. The molecular weight excluding hydrogens is 643 g/mol. The number of benzene rings is 3. The number of rotatable bonds is 10.